The minimum Gasteiger partial charge on any atom is -0.468 e. The largest absolute Gasteiger partial charge is 0.468 e. The minimum atomic E-state index is -0.536. The van der Waals surface area contributed by atoms with Crippen molar-refractivity contribution in [1.29, 1.82) is 0 Å². The minimum absolute atomic E-state index is 0.206. The van der Waals surface area contributed by atoms with Crippen molar-refractivity contribution in [3.05, 3.63) is 64.7 Å². The lowest BCUT2D eigenvalue weighted by molar-refractivity contribution is -0.141. The lowest BCUT2D eigenvalue weighted by atomic mass is 10.1. The highest BCUT2D eigenvalue weighted by Gasteiger charge is 2.14. The molecule has 0 bridgehead atoms. The van der Waals surface area contributed by atoms with Crippen LogP contribution < -0.4 is 4.80 Å². The smallest absolute Gasteiger partial charge is 0.325 e. The summed E-state index contributed by atoms with van der Waals surface area (Å²) in [5, 5.41) is 0. The number of aryl methyl sites for hydroxylation is 1. The molecule has 0 aliphatic carbocycles. The van der Waals surface area contributed by atoms with Crippen LogP contribution in [0.5, 0.6) is 0 Å². The molecule has 0 saturated heterocycles. The zero-order valence-corrected chi connectivity index (χ0v) is 15.0. The first-order valence-electron chi connectivity index (χ1n) is 8.04. The second-order valence-corrected chi connectivity index (χ2v) is 6.63. The Balaban J connectivity index is 1.93. The van der Waals surface area contributed by atoms with Crippen LogP contribution in [0.15, 0.2) is 53.5 Å². The van der Waals surface area contributed by atoms with E-state index >= 15 is 0 Å². The van der Waals surface area contributed by atoms with Crippen molar-refractivity contribution in [3.8, 4) is 0 Å². The van der Waals surface area contributed by atoms with E-state index in [9.17, 15) is 14.0 Å². The molecule has 0 aliphatic heterocycles. The highest BCUT2D eigenvalue weighted by atomic mass is 32.1. The maximum absolute atomic E-state index is 14.2. The molecule has 5 nitrogen and oxygen atoms in total. The summed E-state index contributed by atoms with van der Waals surface area (Å²) in [5.74, 6) is -1.33. The third kappa shape index (κ3) is 4.05. The predicted octanol–water partition coefficient (Wildman–Crippen LogP) is 3.08. The van der Waals surface area contributed by atoms with Gasteiger partial charge in [0.2, 0.25) is 5.91 Å². The molecular formula is C19H17FN2O3S. The van der Waals surface area contributed by atoms with Crippen LogP contribution in [-0.2, 0) is 27.3 Å². The molecule has 3 aromatic rings. The van der Waals surface area contributed by atoms with Crippen LogP contribution in [0.4, 0.5) is 4.39 Å². The summed E-state index contributed by atoms with van der Waals surface area (Å²) in [6.07, 6.45) is 0.804. The molecule has 1 aromatic heterocycles. The van der Waals surface area contributed by atoms with Crippen molar-refractivity contribution >= 4 is 33.4 Å². The molecule has 0 radical (unpaired) electrons. The van der Waals surface area contributed by atoms with Gasteiger partial charge in [0.15, 0.2) is 4.80 Å². The van der Waals surface area contributed by atoms with Crippen LogP contribution in [0.25, 0.3) is 10.2 Å². The Kier molecular flexibility index (Phi) is 5.58. The molecule has 0 fully saturated rings. The molecule has 0 atom stereocenters. The number of methoxy groups -OCH3 is 1. The van der Waals surface area contributed by atoms with E-state index in [-0.39, 0.29) is 29.2 Å². The number of ether oxygens (including phenoxy) is 1. The summed E-state index contributed by atoms with van der Waals surface area (Å²) in [6, 6.07) is 14.2. The van der Waals surface area contributed by atoms with E-state index < -0.39 is 11.8 Å². The Hall–Kier alpha value is -2.80. The summed E-state index contributed by atoms with van der Waals surface area (Å²) in [7, 11) is 1.26. The number of fused-ring (bicyclic) bond motifs is 1. The molecule has 0 spiro atoms. The molecule has 1 heterocycles. The number of carbonyl (C=O) groups excluding carboxylic acids is 2. The summed E-state index contributed by atoms with van der Waals surface area (Å²) in [6.45, 7) is -0.206. The van der Waals surface area contributed by atoms with Gasteiger partial charge in [0.25, 0.3) is 0 Å². The number of amides is 1. The van der Waals surface area contributed by atoms with Crippen molar-refractivity contribution in [2.45, 2.75) is 19.4 Å². The first-order chi connectivity index (χ1) is 12.6. The fourth-order valence-electron chi connectivity index (χ4n) is 2.57. The predicted molar refractivity (Wildman–Crippen MR) is 97.1 cm³/mol. The van der Waals surface area contributed by atoms with Crippen LogP contribution in [-0.4, -0.2) is 23.6 Å². The summed E-state index contributed by atoms with van der Waals surface area (Å²) >= 11 is 1.17. The molecular weight excluding hydrogens is 355 g/mol. The monoisotopic (exact) mass is 372 g/mol. The van der Waals surface area contributed by atoms with Gasteiger partial charge in [-0.2, -0.15) is 4.99 Å². The highest BCUT2D eigenvalue weighted by molar-refractivity contribution is 7.16. The van der Waals surface area contributed by atoms with Crippen molar-refractivity contribution in [1.82, 2.24) is 4.57 Å². The number of thiazole rings is 1. The summed E-state index contributed by atoms with van der Waals surface area (Å²) < 4.78 is 20.9. The Morgan fingerprint density at radius 2 is 1.92 bits per heavy atom. The lowest BCUT2D eigenvalue weighted by Gasteiger charge is -2.04. The zero-order chi connectivity index (χ0) is 18.5. The van der Waals surface area contributed by atoms with Crippen LogP contribution in [0.1, 0.15) is 12.0 Å². The van der Waals surface area contributed by atoms with E-state index in [1.54, 1.807) is 12.1 Å². The Morgan fingerprint density at radius 1 is 1.15 bits per heavy atom. The molecule has 3 rings (SSSR count). The number of esters is 1. The van der Waals surface area contributed by atoms with Gasteiger partial charge in [-0.1, -0.05) is 47.7 Å². The molecule has 0 saturated carbocycles. The maximum Gasteiger partial charge on any atom is 0.325 e. The second-order valence-electron chi connectivity index (χ2n) is 5.62. The fourth-order valence-corrected chi connectivity index (χ4v) is 3.63. The van der Waals surface area contributed by atoms with Gasteiger partial charge in [-0.15, -0.1) is 0 Å². The molecule has 0 unspecified atom stereocenters. The summed E-state index contributed by atoms with van der Waals surface area (Å²) in [5.41, 5.74) is 1.29. The Bertz CT molecular complexity index is 1010. The van der Waals surface area contributed by atoms with Gasteiger partial charge in [-0.3, -0.25) is 9.59 Å². The van der Waals surface area contributed by atoms with Gasteiger partial charge in [0, 0.05) is 6.42 Å². The number of nitrogens with zero attached hydrogens (tertiary/aromatic N) is 2. The molecule has 0 N–H and O–H groups in total. The van der Waals surface area contributed by atoms with Gasteiger partial charge < -0.3 is 9.30 Å². The number of benzene rings is 2. The number of hydrogen-bond donors (Lipinski definition) is 0. The van der Waals surface area contributed by atoms with Crippen molar-refractivity contribution in [2.24, 2.45) is 4.99 Å². The summed E-state index contributed by atoms with van der Waals surface area (Å²) in [4.78, 5) is 28.4. The molecule has 0 aliphatic rings. The van der Waals surface area contributed by atoms with Crippen LogP contribution in [0.2, 0.25) is 0 Å². The highest BCUT2D eigenvalue weighted by Crippen LogP contribution is 2.20. The van der Waals surface area contributed by atoms with E-state index in [4.69, 9.17) is 0 Å². The van der Waals surface area contributed by atoms with Crippen molar-refractivity contribution < 1.29 is 18.7 Å². The van der Waals surface area contributed by atoms with Crippen LogP contribution >= 0.6 is 11.3 Å². The topological polar surface area (TPSA) is 60.7 Å². The first kappa shape index (κ1) is 18.0. The van der Waals surface area contributed by atoms with Gasteiger partial charge in [0.05, 0.1) is 17.3 Å². The van der Waals surface area contributed by atoms with E-state index in [1.807, 2.05) is 30.3 Å². The van der Waals surface area contributed by atoms with E-state index in [0.717, 1.165) is 5.56 Å². The third-order valence-corrected chi connectivity index (χ3v) is 4.90. The molecule has 1 amide bonds. The molecule has 2 aromatic carbocycles. The van der Waals surface area contributed by atoms with Crippen LogP contribution in [0.3, 0.4) is 0 Å². The van der Waals surface area contributed by atoms with E-state index in [0.29, 0.717) is 11.1 Å². The second kappa shape index (κ2) is 8.05. The normalized spacial score (nSPS) is 11.7. The Morgan fingerprint density at radius 3 is 2.65 bits per heavy atom. The Labute approximate surface area is 153 Å². The third-order valence-electron chi connectivity index (χ3n) is 3.86. The lowest BCUT2D eigenvalue weighted by Crippen LogP contribution is -2.22. The van der Waals surface area contributed by atoms with E-state index in [2.05, 4.69) is 9.73 Å². The van der Waals surface area contributed by atoms with Gasteiger partial charge in [-0.25, -0.2) is 4.39 Å². The number of rotatable bonds is 5. The standard InChI is InChI=1S/C19H17FN2O3S/c1-25-17(24)12-22-18-14(20)8-5-9-15(18)26-19(22)21-16(23)11-10-13-6-3-2-4-7-13/h2-9H,10-12H2,1H3. The molecule has 134 valence electrons. The van der Waals surface area contributed by atoms with Gasteiger partial charge in [0.1, 0.15) is 12.4 Å². The average molecular weight is 372 g/mol. The number of para-hydroxylation sites is 1. The number of hydrogen-bond acceptors (Lipinski definition) is 4. The van der Waals surface area contributed by atoms with Gasteiger partial charge >= 0.3 is 5.97 Å². The zero-order valence-electron chi connectivity index (χ0n) is 14.1. The SMILES string of the molecule is COC(=O)Cn1c(=NC(=O)CCc2ccccc2)sc2cccc(F)c21. The van der Waals surface area contributed by atoms with Crippen LogP contribution in [0, 0.1) is 5.82 Å². The quantitative estimate of drug-likeness (QED) is 0.647. The van der Waals surface area contributed by atoms with E-state index in [1.165, 1.54) is 29.1 Å². The molecule has 26 heavy (non-hydrogen) atoms. The maximum atomic E-state index is 14.2. The van der Waals surface area contributed by atoms with Crippen molar-refractivity contribution in [2.75, 3.05) is 7.11 Å². The van der Waals surface area contributed by atoms with Gasteiger partial charge in [-0.05, 0) is 24.1 Å². The average Bonchev–Trinajstić information content (AvgIpc) is 2.99. The fraction of sp³-hybridized carbons (Fsp3) is 0.211. The number of halogens is 1. The number of aromatic nitrogens is 1. The number of carbonyl (C=O) groups is 2. The molecule has 7 heteroatoms. The van der Waals surface area contributed by atoms with Crippen molar-refractivity contribution in [3.63, 3.8) is 0 Å². The first-order valence-corrected chi connectivity index (χ1v) is 8.86.